The standard InChI is InChI=1S/C24H28N2O4S/c1-4-25(5-2)20-12-11-19(21(16-20)30-17-18-9-7-6-8-10-18)15-22-23(27)26(13-14-29-3)24(28)31-22/h6-12,15-16H,4-5,13-14,17H2,1-3H3/b22-15+. The van der Waals surface area contributed by atoms with Crippen molar-refractivity contribution < 1.29 is 19.1 Å². The number of amides is 2. The third-order valence-corrected chi connectivity index (χ3v) is 5.95. The number of benzene rings is 2. The number of rotatable bonds is 10. The molecule has 0 aromatic heterocycles. The van der Waals surface area contributed by atoms with Crippen molar-refractivity contribution in [3.63, 3.8) is 0 Å². The average Bonchev–Trinajstić information content (AvgIpc) is 3.05. The van der Waals surface area contributed by atoms with E-state index in [1.807, 2.05) is 48.5 Å². The monoisotopic (exact) mass is 440 g/mol. The fraction of sp³-hybridized carbons (Fsp3) is 0.333. The van der Waals surface area contributed by atoms with E-state index in [-0.39, 0.29) is 17.7 Å². The molecule has 0 bridgehead atoms. The Morgan fingerprint density at radius 2 is 1.81 bits per heavy atom. The molecular formula is C24H28N2O4S. The maximum Gasteiger partial charge on any atom is 0.293 e. The van der Waals surface area contributed by atoms with Crippen LogP contribution in [0.3, 0.4) is 0 Å². The average molecular weight is 441 g/mol. The molecule has 31 heavy (non-hydrogen) atoms. The maximum absolute atomic E-state index is 12.7. The largest absolute Gasteiger partial charge is 0.488 e. The first-order chi connectivity index (χ1) is 15.1. The number of anilines is 1. The van der Waals surface area contributed by atoms with E-state index in [2.05, 4.69) is 18.7 Å². The Kier molecular flexibility index (Phi) is 8.14. The molecule has 7 heteroatoms. The predicted molar refractivity (Wildman–Crippen MR) is 125 cm³/mol. The Bertz CT molecular complexity index is 942. The first kappa shape index (κ1) is 22.9. The lowest BCUT2D eigenvalue weighted by Gasteiger charge is -2.22. The van der Waals surface area contributed by atoms with Crippen molar-refractivity contribution in [2.45, 2.75) is 20.5 Å². The van der Waals surface area contributed by atoms with Gasteiger partial charge in [0.1, 0.15) is 12.4 Å². The van der Waals surface area contributed by atoms with Crippen molar-refractivity contribution >= 4 is 34.7 Å². The van der Waals surface area contributed by atoms with Gasteiger partial charge in [0, 0.05) is 37.5 Å². The zero-order valence-electron chi connectivity index (χ0n) is 18.2. The number of carbonyl (C=O) groups is 2. The highest BCUT2D eigenvalue weighted by Crippen LogP contribution is 2.35. The summed E-state index contributed by atoms with van der Waals surface area (Å²) < 4.78 is 11.2. The molecule has 0 atom stereocenters. The summed E-state index contributed by atoms with van der Waals surface area (Å²) in [6.07, 6.45) is 1.74. The van der Waals surface area contributed by atoms with Gasteiger partial charge in [-0.15, -0.1) is 0 Å². The molecule has 1 fully saturated rings. The molecule has 0 saturated carbocycles. The number of carbonyl (C=O) groups excluding carboxylic acids is 2. The van der Waals surface area contributed by atoms with Gasteiger partial charge in [0.2, 0.25) is 0 Å². The number of ether oxygens (including phenoxy) is 2. The van der Waals surface area contributed by atoms with Crippen LogP contribution >= 0.6 is 11.8 Å². The van der Waals surface area contributed by atoms with Gasteiger partial charge in [0.25, 0.3) is 11.1 Å². The second-order valence-electron chi connectivity index (χ2n) is 6.99. The van der Waals surface area contributed by atoms with Gasteiger partial charge in [0.05, 0.1) is 18.1 Å². The molecule has 3 rings (SSSR count). The van der Waals surface area contributed by atoms with Crippen molar-refractivity contribution in [2.24, 2.45) is 0 Å². The number of thioether (sulfide) groups is 1. The Morgan fingerprint density at radius 3 is 2.48 bits per heavy atom. The Balaban J connectivity index is 1.90. The summed E-state index contributed by atoms with van der Waals surface area (Å²) in [6.45, 7) is 6.96. The van der Waals surface area contributed by atoms with E-state index in [1.165, 1.54) is 4.90 Å². The highest BCUT2D eigenvalue weighted by Gasteiger charge is 2.34. The summed E-state index contributed by atoms with van der Waals surface area (Å²) in [5.74, 6) is 0.380. The molecule has 164 valence electrons. The molecule has 2 amide bonds. The van der Waals surface area contributed by atoms with E-state index >= 15 is 0 Å². The summed E-state index contributed by atoms with van der Waals surface area (Å²) >= 11 is 0.947. The Labute approximate surface area is 187 Å². The SMILES string of the molecule is CCN(CC)c1ccc(/C=C2/SC(=O)N(CCOC)C2=O)c(OCc2ccccc2)c1. The van der Waals surface area contributed by atoms with E-state index in [4.69, 9.17) is 9.47 Å². The van der Waals surface area contributed by atoms with Crippen molar-refractivity contribution in [3.8, 4) is 5.75 Å². The van der Waals surface area contributed by atoms with Crippen LogP contribution < -0.4 is 9.64 Å². The van der Waals surface area contributed by atoms with Gasteiger partial charge >= 0.3 is 0 Å². The van der Waals surface area contributed by atoms with Crippen molar-refractivity contribution in [1.29, 1.82) is 0 Å². The van der Waals surface area contributed by atoms with Gasteiger partial charge in [-0.2, -0.15) is 0 Å². The zero-order valence-corrected chi connectivity index (χ0v) is 19.0. The summed E-state index contributed by atoms with van der Waals surface area (Å²) in [4.78, 5) is 28.8. The molecule has 2 aromatic rings. The normalized spacial score (nSPS) is 15.1. The van der Waals surface area contributed by atoms with Gasteiger partial charge < -0.3 is 14.4 Å². The van der Waals surface area contributed by atoms with Crippen LogP contribution in [0.15, 0.2) is 53.4 Å². The smallest absolute Gasteiger partial charge is 0.293 e. The lowest BCUT2D eigenvalue weighted by Crippen LogP contribution is -2.31. The summed E-state index contributed by atoms with van der Waals surface area (Å²) in [6, 6.07) is 15.9. The highest BCUT2D eigenvalue weighted by molar-refractivity contribution is 8.18. The number of imide groups is 1. The molecule has 0 aliphatic carbocycles. The fourth-order valence-electron chi connectivity index (χ4n) is 3.30. The summed E-state index contributed by atoms with van der Waals surface area (Å²) in [5.41, 5.74) is 2.88. The highest BCUT2D eigenvalue weighted by atomic mass is 32.2. The fourth-order valence-corrected chi connectivity index (χ4v) is 4.16. The molecule has 0 spiro atoms. The van der Waals surface area contributed by atoms with Gasteiger partial charge in [-0.1, -0.05) is 30.3 Å². The molecule has 1 aliphatic heterocycles. The van der Waals surface area contributed by atoms with Gasteiger partial charge in [-0.25, -0.2) is 0 Å². The molecule has 1 heterocycles. The van der Waals surface area contributed by atoms with Crippen molar-refractivity contribution in [2.75, 3.05) is 38.3 Å². The van der Waals surface area contributed by atoms with E-state index in [1.54, 1.807) is 13.2 Å². The van der Waals surface area contributed by atoms with Crippen LogP contribution in [-0.4, -0.2) is 49.4 Å². The number of nitrogens with zero attached hydrogens (tertiary/aromatic N) is 2. The molecule has 1 aliphatic rings. The minimum absolute atomic E-state index is 0.247. The third-order valence-electron chi connectivity index (χ3n) is 5.04. The molecule has 0 unspecified atom stereocenters. The van der Waals surface area contributed by atoms with Gasteiger partial charge in [-0.3, -0.25) is 14.5 Å². The number of hydrogen-bond acceptors (Lipinski definition) is 6. The summed E-state index contributed by atoms with van der Waals surface area (Å²) in [5, 5.41) is -0.278. The van der Waals surface area contributed by atoms with Crippen LogP contribution in [0, 0.1) is 0 Å². The van der Waals surface area contributed by atoms with Crippen molar-refractivity contribution in [3.05, 3.63) is 64.6 Å². The molecule has 2 aromatic carbocycles. The van der Waals surface area contributed by atoms with Crippen LogP contribution in [0.5, 0.6) is 5.75 Å². The molecule has 0 N–H and O–H groups in total. The minimum Gasteiger partial charge on any atom is -0.488 e. The Hall–Kier alpha value is -2.77. The topological polar surface area (TPSA) is 59.1 Å². The first-order valence-electron chi connectivity index (χ1n) is 10.4. The number of hydrogen-bond donors (Lipinski definition) is 0. The molecule has 1 saturated heterocycles. The molecular weight excluding hydrogens is 412 g/mol. The predicted octanol–water partition coefficient (Wildman–Crippen LogP) is 4.79. The second-order valence-corrected chi connectivity index (χ2v) is 7.99. The van der Waals surface area contributed by atoms with E-state index in [0.29, 0.717) is 23.9 Å². The van der Waals surface area contributed by atoms with Crippen molar-refractivity contribution in [1.82, 2.24) is 4.90 Å². The van der Waals surface area contributed by atoms with Crippen LogP contribution in [0.1, 0.15) is 25.0 Å². The van der Waals surface area contributed by atoms with E-state index in [0.717, 1.165) is 41.7 Å². The first-order valence-corrected chi connectivity index (χ1v) is 11.2. The Morgan fingerprint density at radius 1 is 1.06 bits per heavy atom. The van der Waals surface area contributed by atoms with Crippen LogP contribution in [0.2, 0.25) is 0 Å². The van der Waals surface area contributed by atoms with E-state index < -0.39 is 0 Å². The third kappa shape index (κ3) is 5.68. The molecule has 0 radical (unpaired) electrons. The van der Waals surface area contributed by atoms with Gasteiger partial charge in [-0.05, 0) is 49.4 Å². The maximum atomic E-state index is 12.7. The van der Waals surface area contributed by atoms with Gasteiger partial charge in [0.15, 0.2) is 0 Å². The minimum atomic E-state index is -0.297. The zero-order chi connectivity index (χ0) is 22.2. The lowest BCUT2D eigenvalue weighted by molar-refractivity contribution is -0.123. The van der Waals surface area contributed by atoms with E-state index in [9.17, 15) is 9.59 Å². The summed E-state index contributed by atoms with van der Waals surface area (Å²) in [7, 11) is 1.54. The molecule has 6 nitrogen and oxygen atoms in total. The lowest BCUT2D eigenvalue weighted by atomic mass is 10.1. The quantitative estimate of drug-likeness (QED) is 0.495. The number of methoxy groups -OCH3 is 1. The van der Waals surface area contributed by atoms with Crippen LogP contribution in [-0.2, 0) is 16.1 Å². The van der Waals surface area contributed by atoms with Crippen LogP contribution in [0.25, 0.3) is 6.08 Å². The second kappa shape index (κ2) is 11.0. The van der Waals surface area contributed by atoms with Crippen LogP contribution in [0.4, 0.5) is 10.5 Å².